The smallest absolute Gasteiger partial charge is 0.310 e. The van der Waals surface area contributed by atoms with Crippen LogP contribution in [0, 0.1) is 5.92 Å². The molecule has 0 saturated carbocycles. The molecule has 0 N–H and O–H groups in total. The van der Waals surface area contributed by atoms with Gasteiger partial charge in [-0.15, -0.1) is 0 Å². The Labute approximate surface area is 170 Å². The average Bonchev–Trinajstić information content (AvgIpc) is 3.12. The lowest BCUT2D eigenvalue weighted by Gasteiger charge is -2.31. The molecule has 28 heavy (non-hydrogen) atoms. The summed E-state index contributed by atoms with van der Waals surface area (Å²) in [5.74, 6) is -0.567. The van der Waals surface area contributed by atoms with Crippen molar-refractivity contribution in [3.63, 3.8) is 0 Å². The lowest BCUT2D eigenvalue weighted by molar-refractivity contribution is -0.149. The van der Waals surface area contributed by atoms with Crippen molar-refractivity contribution in [1.82, 2.24) is 14.7 Å². The fourth-order valence-corrected chi connectivity index (χ4v) is 3.86. The van der Waals surface area contributed by atoms with E-state index in [0.29, 0.717) is 36.7 Å². The first-order chi connectivity index (χ1) is 13.6. The van der Waals surface area contributed by atoms with Gasteiger partial charge in [-0.3, -0.25) is 9.59 Å². The highest BCUT2D eigenvalue weighted by Gasteiger charge is 2.31. The standard InChI is InChI=1S/C21H26ClN3O3/c1-3-8-18-16(13-23-25(18)19-11-6-5-10-17(19)22)20(26)24-12-7-9-15(14-24)21(27)28-4-2/h5-6,10-11,13,15H,3-4,7-9,12,14H2,1-2H3/t15-/m0/s1. The first-order valence-corrected chi connectivity index (χ1v) is 10.2. The Hall–Kier alpha value is -2.34. The Kier molecular flexibility index (Phi) is 6.73. The van der Waals surface area contributed by atoms with Crippen LogP contribution in [0.15, 0.2) is 30.5 Å². The minimum Gasteiger partial charge on any atom is -0.466 e. The molecule has 0 bridgehead atoms. The molecule has 0 spiro atoms. The number of amides is 1. The van der Waals surface area contributed by atoms with E-state index in [0.717, 1.165) is 30.6 Å². The van der Waals surface area contributed by atoms with Gasteiger partial charge in [-0.2, -0.15) is 5.10 Å². The van der Waals surface area contributed by atoms with Crippen molar-refractivity contribution < 1.29 is 14.3 Å². The predicted molar refractivity (Wildman–Crippen MR) is 108 cm³/mol. The van der Waals surface area contributed by atoms with Crippen LogP contribution in [0.1, 0.15) is 49.2 Å². The van der Waals surface area contributed by atoms with Crippen LogP contribution in [0.25, 0.3) is 5.69 Å². The number of piperidine rings is 1. The molecule has 1 aliphatic rings. The Balaban J connectivity index is 1.87. The molecule has 150 valence electrons. The molecule has 1 aromatic carbocycles. The van der Waals surface area contributed by atoms with E-state index < -0.39 is 0 Å². The maximum absolute atomic E-state index is 13.2. The van der Waals surface area contributed by atoms with Crippen molar-refractivity contribution in [3.05, 3.63) is 46.7 Å². The Bertz CT molecular complexity index is 849. The molecular weight excluding hydrogens is 378 g/mol. The van der Waals surface area contributed by atoms with Crippen LogP contribution < -0.4 is 0 Å². The number of carbonyl (C=O) groups excluding carboxylic acids is 2. The van der Waals surface area contributed by atoms with Crippen LogP contribution >= 0.6 is 11.6 Å². The van der Waals surface area contributed by atoms with Crippen LogP contribution in [0.3, 0.4) is 0 Å². The number of halogens is 1. The number of para-hydroxylation sites is 1. The van der Waals surface area contributed by atoms with Crippen molar-refractivity contribution in [2.24, 2.45) is 5.92 Å². The highest BCUT2D eigenvalue weighted by atomic mass is 35.5. The summed E-state index contributed by atoms with van der Waals surface area (Å²) < 4.78 is 6.90. The van der Waals surface area contributed by atoms with Crippen LogP contribution in [-0.4, -0.2) is 46.3 Å². The van der Waals surface area contributed by atoms with E-state index in [1.165, 1.54) is 0 Å². The van der Waals surface area contributed by atoms with Crippen molar-refractivity contribution in [2.75, 3.05) is 19.7 Å². The van der Waals surface area contributed by atoms with Crippen molar-refractivity contribution in [1.29, 1.82) is 0 Å². The number of rotatable bonds is 6. The lowest BCUT2D eigenvalue weighted by Crippen LogP contribution is -2.43. The summed E-state index contributed by atoms with van der Waals surface area (Å²) in [6.07, 6.45) is 4.74. The fourth-order valence-electron chi connectivity index (χ4n) is 3.65. The van der Waals surface area contributed by atoms with E-state index in [1.807, 2.05) is 24.3 Å². The minimum absolute atomic E-state index is 0.0873. The van der Waals surface area contributed by atoms with Crippen molar-refractivity contribution >= 4 is 23.5 Å². The highest BCUT2D eigenvalue weighted by molar-refractivity contribution is 6.32. The van der Waals surface area contributed by atoms with Crippen LogP contribution in [-0.2, 0) is 16.0 Å². The van der Waals surface area contributed by atoms with Crippen LogP contribution in [0.4, 0.5) is 0 Å². The molecular formula is C21H26ClN3O3. The van der Waals surface area contributed by atoms with Gasteiger partial charge in [-0.05, 0) is 38.3 Å². The van der Waals surface area contributed by atoms with Gasteiger partial charge >= 0.3 is 5.97 Å². The molecule has 1 fully saturated rings. The van der Waals surface area contributed by atoms with E-state index >= 15 is 0 Å². The average molecular weight is 404 g/mol. The van der Waals surface area contributed by atoms with E-state index in [2.05, 4.69) is 12.0 Å². The van der Waals surface area contributed by atoms with Crippen molar-refractivity contribution in [3.8, 4) is 5.69 Å². The normalized spacial score (nSPS) is 16.8. The largest absolute Gasteiger partial charge is 0.466 e. The van der Waals surface area contributed by atoms with Gasteiger partial charge in [0, 0.05) is 13.1 Å². The number of nitrogens with zero attached hydrogens (tertiary/aromatic N) is 3. The minimum atomic E-state index is -0.258. The highest BCUT2D eigenvalue weighted by Crippen LogP contribution is 2.26. The van der Waals surface area contributed by atoms with E-state index in [9.17, 15) is 9.59 Å². The number of esters is 1. The summed E-state index contributed by atoms with van der Waals surface area (Å²) in [5, 5.41) is 5.04. The zero-order valence-electron chi connectivity index (χ0n) is 16.4. The van der Waals surface area contributed by atoms with Gasteiger partial charge in [0.1, 0.15) is 0 Å². The summed E-state index contributed by atoms with van der Waals surface area (Å²) in [6.45, 7) is 5.24. The topological polar surface area (TPSA) is 64.4 Å². The monoisotopic (exact) mass is 403 g/mol. The number of benzene rings is 1. The first kappa shape index (κ1) is 20.4. The number of likely N-dealkylation sites (tertiary alicyclic amines) is 1. The van der Waals surface area contributed by atoms with E-state index in [1.54, 1.807) is 22.7 Å². The number of aromatic nitrogens is 2. The zero-order valence-corrected chi connectivity index (χ0v) is 17.1. The zero-order chi connectivity index (χ0) is 20.1. The van der Waals surface area contributed by atoms with E-state index in [-0.39, 0.29) is 17.8 Å². The summed E-state index contributed by atoms with van der Waals surface area (Å²) in [4.78, 5) is 27.1. The third-order valence-electron chi connectivity index (χ3n) is 5.00. The fraction of sp³-hybridized carbons (Fsp3) is 0.476. The van der Waals surface area contributed by atoms with Crippen LogP contribution in [0.2, 0.25) is 5.02 Å². The third-order valence-corrected chi connectivity index (χ3v) is 5.31. The molecule has 0 aliphatic carbocycles. The molecule has 7 heteroatoms. The Morgan fingerprint density at radius 2 is 2.07 bits per heavy atom. The second-order valence-corrected chi connectivity index (χ2v) is 7.37. The van der Waals surface area contributed by atoms with Crippen molar-refractivity contribution in [2.45, 2.75) is 39.5 Å². The summed E-state index contributed by atoms with van der Waals surface area (Å²) in [7, 11) is 0. The van der Waals surface area contributed by atoms with Gasteiger partial charge in [0.05, 0.1) is 40.7 Å². The molecule has 2 aromatic rings. The summed E-state index contributed by atoms with van der Waals surface area (Å²) in [6, 6.07) is 7.46. The quantitative estimate of drug-likeness (QED) is 0.686. The molecule has 3 rings (SSSR count). The molecule has 6 nitrogen and oxygen atoms in total. The molecule has 1 aromatic heterocycles. The second kappa shape index (κ2) is 9.24. The lowest BCUT2D eigenvalue weighted by atomic mass is 9.97. The number of hydrogen-bond donors (Lipinski definition) is 0. The van der Waals surface area contributed by atoms with Gasteiger partial charge in [-0.1, -0.05) is 37.1 Å². The van der Waals surface area contributed by atoms with Crippen LogP contribution in [0.5, 0.6) is 0 Å². The van der Waals surface area contributed by atoms with Gasteiger partial charge in [0.2, 0.25) is 0 Å². The van der Waals surface area contributed by atoms with Gasteiger partial charge < -0.3 is 9.64 Å². The molecule has 1 aliphatic heterocycles. The molecule has 1 atom stereocenters. The molecule has 0 unspecified atom stereocenters. The summed E-state index contributed by atoms with van der Waals surface area (Å²) in [5.41, 5.74) is 2.18. The molecule has 1 saturated heterocycles. The van der Waals surface area contributed by atoms with E-state index in [4.69, 9.17) is 16.3 Å². The number of hydrogen-bond acceptors (Lipinski definition) is 4. The Morgan fingerprint density at radius 1 is 1.29 bits per heavy atom. The van der Waals surface area contributed by atoms with Gasteiger partial charge in [0.15, 0.2) is 0 Å². The third kappa shape index (κ3) is 4.22. The number of ether oxygens (including phenoxy) is 1. The SMILES string of the molecule is CCCc1c(C(=O)N2CCC[C@H](C(=O)OCC)C2)cnn1-c1ccccc1Cl. The molecule has 0 radical (unpaired) electrons. The maximum Gasteiger partial charge on any atom is 0.310 e. The molecule has 1 amide bonds. The number of carbonyl (C=O) groups is 2. The maximum atomic E-state index is 13.2. The predicted octanol–water partition coefficient (Wildman–Crippen LogP) is 3.89. The summed E-state index contributed by atoms with van der Waals surface area (Å²) >= 11 is 6.34. The first-order valence-electron chi connectivity index (χ1n) is 9.84. The molecule has 2 heterocycles. The second-order valence-electron chi connectivity index (χ2n) is 6.96. The van der Waals surface area contributed by atoms with Gasteiger partial charge in [-0.25, -0.2) is 4.68 Å². The Morgan fingerprint density at radius 3 is 2.79 bits per heavy atom. The van der Waals surface area contributed by atoms with Gasteiger partial charge in [0.25, 0.3) is 5.91 Å².